The van der Waals surface area contributed by atoms with E-state index < -0.39 is 0 Å². The first-order chi connectivity index (χ1) is 12.7. The SMILES string of the molecule is O=C(COc1ncnc2sccc12)N1CCN(c2ccc(F)cc2)CC1. The van der Waals surface area contributed by atoms with Gasteiger partial charge < -0.3 is 14.5 Å². The highest BCUT2D eigenvalue weighted by Crippen LogP contribution is 2.25. The number of piperazine rings is 1. The fraction of sp³-hybridized carbons (Fsp3) is 0.278. The Morgan fingerprint density at radius 1 is 1.12 bits per heavy atom. The van der Waals surface area contributed by atoms with Gasteiger partial charge in [0.05, 0.1) is 5.39 Å². The maximum absolute atomic E-state index is 13.0. The van der Waals surface area contributed by atoms with E-state index in [1.165, 1.54) is 29.8 Å². The Kier molecular flexibility index (Phi) is 4.66. The lowest BCUT2D eigenvalue weighted by Crippen LogP contribution is -2.50. The summed E-state index contributed by atoms with van der Waals surface area (Å²) in [5.41, 5.74) is 0.968. The smallest absolute Gasteiger partial charge is 0.260 e. The zero-order valence-electron chi connectivity index (χ0n) is 14.0. The third-order valence-corrected chi connectivity index (χ3v) is 5.20. The molecule has 3 aromatic rings. The highest BCUT2D eigenvalue weighted by Gasteiger charge is 2.22. The fourth-order valence-corrected chi connectivity index (χ4v) is 3.69. The van der Waals surface area contributed by atoms with Crippen LogP contribution in [-0.2, 0) is 4.79 Å². The summed E-state index contributed by atoms with van der Waals surface area (Å²) in [5.74, 6) is 0.129. The van der Waals surface area contributed by atoms with Gasteiger partial charge in [-0.2, -0.15) is 0 Å². The van der Waals surface area contributed by atoms with Gasteiger partial charge in [-0.25, -0.2) is 14.4 Å². The lowest BCUT2D eigenvalue weighted by molar-refractivity contribution is -0.133. The summed E-state index contributed by atoms with van der Waals surface area (Å²) < 4.78 is 18.7. The standard InChI is InChI=1S/C18H17FN4O2S/c19-13-1-3-14(4-2-13)22-6-8-23(9-7-22)16(24)11-25-17-15-5-10-26-18(15)21-12-20-17/h1-5,10,12H,6-9,11H2. The van der Waals surface area contributed by atoms with Gasteiger partial charge in [-0.1, -0.05) is 0 Å². The number of nitrogens with zero attached hydrogens (tertiary/aromatic N) is 4. The van der Waals surface area contributed by atoms with Crippen LogP contribution in [-0.4, -0.2) is 53.6 Å². The molecule has 1 amide bonds. The van der Waals surface area contributed by atoms with Crippen molar-refractivity contribution < 1.29 is 13.9 Å². The van der Waals surface area contributed by atoms with Crippen molar-refractivity contribution >= 4 is 33.1 Å². The molecule has 0 radical (unpaired) electrons. The molecule has 8 heteroatoms. The predicted molar refractivity (Wildman–Crippen MR) is 98.1 cm³/mol. The van der Waals surface area contributed by atoms with Gasteiger partial charge in [0.15, 0.2) is 6.61 Å². The number of rotatable bonds is 4. The van der Waals surface area contributed by atoms with Crippen LogP contribution < -0.4 is 9.64 Å². The lowest BCUT2D eigenvalue weighted by atomic mass is 10.2. The van der Waals surface area contributed by atoms with Crippen LogP contribution in [0.5, 0.6) is 5.88 Å². The molecule has 26 heavy (non-hydrogen) atoms. The van der Waals surface area contributed by atoms with Gasteiger partial charge in [-0.05, 0) is 35.7 Å². The molecular formula is C18H17FN4O2S. The van der Waals surface area contributed by atoms with Gasteiger partial charge >= 0.3 is 0 Å². The van der Waals surface area contributed by atoms with Crippen molar-refractivity contribution in [1.82, 2.24) is 14.9 Å². The second kappa shape index (κ2) is 7.25. The number of ether oxygens (including phenoxy) is 1. The van der Waals surface area contributed by atoms with E-state index in [-0.39, 0.29) is 18.3 Å². The molecule has 1 saturated heterocycles. The number of hydrogen-bond donors (Lipinski definition) is 0. The van der Waals surface area contributed by atoms with Crippen molar-refractivity contribution in [2.45, 2.75) is 0 Å². The quantitative estimate of drug-likeness (QED) is 0.705. The van der Waals surface area contributed by atoms with E-state index in [1.807, 2.05) is 11.4 Å². The van der Waals surface area contributed by atoms with Crippen molar-refractivity contribution in [2.75, 3.05) is 37.7 Å². The highest BCUT2D eigenvalue weighted by molar-refractivity contribution is 7.16. The molecule has 0 saturated carbocycles. The molecule has 2 aromatic heterocycles. The van der Waals surface area contributed by atoms with E-state index in [4.69, 9.17) is 4.74 Å². The van der Waals surface area contributed by atoms with Crippen molar-refractivity contribution in [3.8, 4) is 5.88 Å². The van der Waals surface area contributed by atoms with Crippen LogP contribution in [0.2, 0.25) is 0 Å². The van der Waals surface area contributed by atoms with Crippen molar-refractivity contribution in [2.24, 2.45) is 0 Å². The summed E-state index contributed by atoms with van der Waals surface area (Å²) in [7, 11) is 0. The van der Waals surface area contributed by atoms with Gasteiger partial charge in [0, 0.05) is 31.9 Å². The number of benzene rings is 1. The second-order valence-corrected chi connectivity index (χ2v) is 6.85. The Bertz CT molecular complexity index is 907. The van der Waals surface area contributed by atoms with Crippen LogP contribution in [0, 0.1) is 5.82 Å². The predicted octanol–water partition coefficient (Wildman–Crippen LogP) is 2.56. The van der Waals surface area contributed by atoms with Crippen LogP contribution >= 0.6 is 11.3 Å². The topological polar surface area (TPSA) is 58.6 Å². The van der Waals surface area contributed by atoms with Crippen molar-refractivity contribution in [3.63, 3.8) is 0 Å². The molecule has 1 aliphatic heterocycles. The van der Waals surface area contributed by atoms with E-state index in [1.54, 1.807) is 17.0 Å². The Morgan fingerprint density at radius 2 is 1.88 bits per heavy atom. The summed E-state index contributed by atoms with van der Waals surface area (Å²) in [4.78, 5) is 25.5. The van der Waals surface area contributed by atoms with E-state index in [0.29, 0.717) is 32.1 Å². The first-order valence-corrected chi connectivity index (χ1v) is 9.18. The van der Waals surface area contributed by atoms with E-state index in [0.717, 1.165) is 15.9 Å². The summed E-state index contributed by atoms with van der Waals surface area (Å²) >= 11 is 1.51. The summed E-state index contributed by atoms with van der Waals surface area (Å²) in [6, 6.07) is 8.32. The van der Waals surface area contributed by atoms with Crippen LogP contribution in [0.4, 0.5) is 10.1 Å². The summed E-state index contributed by atoms with van der Waals surface area (Å²) in [5, 5.41) is 2.74. The van der Waals surface area contributed by atoms with E-state index in [9.17, 15) is 9.18 Å². The molecular weight excluding hydrogens is 355 g/mol. The molecule has 1 fully saturated rings. The maximum Gasteiger partial charge on any atom is 0.260 e. The molecule has 0 spiro atoms. The molecule has 1 aromatic carbocycles. The summed E-state index contributed by atoms with van der Waals surface area (Å²) in [6.45, 7) is 2.59. The number of carbonyl (C=O) groups is 1. The number of aromatic nitrogens is 2. The number of fused-ring (bicyclic) bond motifs is 1. The minimum Gasteiger partial charge on any atom is -0.467 e. The number of halogens is 1. The Morgan fingerprint density at radius 3 is 2.65 bits per heavy atom. The number of hydrogen-bond acceptors (Lipinski definition) is 6. The van der Waals surface area contributed by atoms with Gasteiger partial charge in [-0.3, -0.25) is 4.79 Å². The normalized spacial score (nSPS) is 14.7. The van der Waals surface area contributed by atoms with Crippen LogP contribution in [0.15, 0.2) is 42.0 Å². The molecule has 3 heterocycles. The minimum atomic E-state index is -0.246. The average molecular weight is 372 g/mol. The van der Waals surface area contributed by atoms with Gasteiger partial charge in [0.2, 0.25) is 5.88 Å². The van der Waals surface area contributed by atoms with Crippen LogP contribution in [0.3, 0.4) is 0 Å². The summed E-state index contributed by atoms with van der Waals surface area (Å²) in [6.07, 6.45) is 1.44. The number of anilines is 1. The molecule has 6 nitrogen and oxygen atoms in total. The average Bonchev–Trinajstić information content (AvgIpc) is 3.16. The molecule has 0 unspecified atom stereocenters. The molecule has 134 valence electrons. The Labute approximate surface area is 153 Å². The monoisotopic (exact) mass is 372 g/mol. The fourth-order valence-electron chi connectivity index (χ4n) is 2.97. The molecule has 0 atom stereocenters. The van der Waals surface area contributed by atoms with Crippen LogP contribution in [0.1, 0.15) is 0 Å². The first-order valence-electron chi connectivity index (χ1n) is 8.30. The lowest BCUT2D eigenvalue weighted by Gasteiger charge is -2.36. The minimum absolute atomic E-state index is 0.0431. The van der Waals surface area contributed by atoms with Gasteiger partial charge in [0.25, 0.3) is 5.91 Å². The number of carbonyl (C=O) groups excluding carboxylic acids is 1. The molecule has 0 N–H and O–H groups in total. The molecule has 4 rings (SSSR count). The van der Waals surface area contributed by atoms with Gasteiger partial charge in [0.1, 0.15) is 17.0 Å². The molecule has 0 bridgehead atoms. The zero-order chi connectivity index (χ0) is 17.9. The maximum atomic E-state index is 13.0. The van der Waals surface area contributed by atoms with Crippen molar-refractivity contribution in [1.29, 1.82) is 0 Å². The van der Waals surface area contributed by atoms with Gasteiger partial charge in [-0.15, -0.1) is 11.3 Å². The third-order valence-electron chi connectivity index (χ3n) is 4.38. The van der Waals surface area contributed by atoms with E-state index >= 15 is 0 Å². The largest absolute Gasteiger partial charge is 0.467 e. The highest BCUT2D eigenvalue weighted by atomic mass is 32.1. The second-order valence-electron chi connectivity index (χ2n) is 5.95. The Hall–Kier alpha value is -2.74. The molecule has 0 aliphatic carbocycles. The van der Waals surface area contributed by atoms with Crippen LogP contribution in [0.25, 0.3) is 10.2 Å². The third kappa shape index (κ3) is 3.45. The number of amides is 1. The zero-order valence-corrected chi connectivity index (χ0v) is 14.8. The number of thiophene rings is 1. The first kappa shape index (κ1) is 16.7. The van der Waals surface area contributed by atoms with E-state index in [2.05, 4.69) is 14.9 Å². The molecule has 1 aliphatic rings. The Balaban J connectivity index is 1.32. The van der Waals surface area contributed by atoms with Crippen molar-refractivity contribution in [3.05, 3.63) is 47.9 Å².